The maximum Gasteiger partial charge on any atom is 0.241 e. The van der Waals surface area contributed by atoms with E-state index in [-0.39, 0.29) is 23.7 Å². The minimum atomic E-state index is -3.47. The number of halogens is 1. The number of hydrogen-bond donors (Lipinski definition) is 2. The van der Waals surface area contributed by atoms with Crippen LogP contribution in [0.1, 0.15) is 44.7 Å². The van der Waals surface area contributed by atoms with Crippen LogP contribution in [0.25, 0.3) is 0 Å². The van der Waals surface area contributed by atoms with Gasteiger partial charge in [-0.1, -0.05) is 45.0 Å². The highest BCUT2D eigenvalue weighted by atomic mass is 35.5. The molecule has 1 aromatic carbocycles. The Morgan fingerprint density at radius 3 is 2.12 bits per heavy atom. The quantitative estimate of drug-likeness (QED) is 0.829. The van der Waals surface area contributed by atoms with Gasteiger partial charge < -0.3 is 10.6 Å². The molecule has 5 nitrogen and oxygen atoms in total. The fourth-order valence-electron chi connectivity index (χ4n) is 3.06. The van der Waals surface area contributed by atoms with Gasteiger partial charge >= 0.3 is 0 Å². The summed E-state index contributed by atoms with van der Waals surface area (Å²) >= 11 is 0. The molecule has 0 atom stereocenters. The highest BCUT2D eigenvalue weighted by molar-refractivity contribution is 7.92. The summed E-state index contributed by atoms with van der Waals surface area (Å²) < 4.78 is 23.2. The monoisotopic (exact) mass is 388 g/mol. The molecule has 1 aliphatic heterocycles. The van der Waals surface area contributed by atoms with Crippen LogP contribution >= 0.6 is 12.4 Å². The number of nitrogens with one attached hydrogen (secondary N) is 2. The lowest BCUT2D eigenvalue weighted by atomic mass is 9.87. The van der Waals surface area contributed by atoms with Gasteiger partial charge in [-0.15, -0.1) is 12.4 Å². The normalized spacial score (nSPS) is 17.4. The average molecular weight is 389 g/mol. The minimum Gasteiger partial charge on any atom is -0.351 e. The van der Waals surface area contributed by atoms with Crippen LogP contribution < -0.4 is 10.6 Å². The van der Waals surface area contributed by atoms with Crippen molar-refractivity contribution in [1.29, 1.82) is 0 Å². The Morgan fingerprint density at radius 1 is 1.16 bits per heavy atom. The van der Waals surface area contributed by atoms with Gasteiger partial charge in [-0.2, -0.15) is 0 Å². The van der Waals surface area contributed by atoms with Gasteiger partial charge in [-0.05, 0) is 42.5 Å². The number of piperidine rings is 1. The molecule has 0 radical (unpaired) electrons. The number of sulfone groups is 1. The Labute approximate surface area is 157 Å². The minimum absolute atomic E-state index is 0. The summed E-state index contributed by atoms with van der Waals surface area (Å²) in [4.78, 5) is 12.6. The van der Waals surface area contributed by atoms with Crippen LogP contribution in [-0.2, 0) is 26.6 Å². The van der Waals surface area contributed by atoms with Crippen LogP contribution in [0.4, 0.5) is 0 Å². The molecule has 1 heterocycles. The number of carbonyl (C=O) groups excluding carboxylic acids is 1. The Balaban J connectivity index is 0.00000312. The highest BCUT2D eigenvalue weighted by Gasteiger charge is 2.48. The summed E-state index contributed by atoms with van der Waals surface area (Å²) in [6, 6.07) is 8.07. The topological polar surface area (TPSA) is 75.3 Å². The zero-order valence-corrected chi connectivity index (χ0v) is 17.0. The van der Waals surface area contributed by atoms with Crippen molar-refractivity contribution in [1.82, 2.24) is 10.6 Å². The van der Waals surface area contributed by atoms with Gasteiger partial charge in [0, 0.05) is 12.8 Å². The molecule has 2 N–H and O–H groups in total. The van der Waals surface area contributed by atoms with Crippen LogP contribution in [0.15, 0.2) is 24.3 Å². The maximum atomic E-state index is 12.6. The van der Waals surface area contributed by atoms with Crippen molar-refractivity contribution in [3.05, 3.63) is 35.4 Å². The summed E-state index contributed by atoms with van der Waals surface area (Å²) in [6.07, 6.45) is 1.80. The van der Waals surface area contributed by atoms with Gasteiger partial charge in [0.25, 0.3) is 0 Å². The van der Waals surface area contributed by atoms with E-state index in [1.54, 1.807) is 0 Å². The Bertz CT molecular complexity index is 688. The van der Waals surface area contributed by atoms with Crippen LogP contribution in [0, 0.1) is 0 Å². The van der Waals surface area contributed by atoms with Gasteiger partial charge in [0.05, 0.1) is 0 Å². The molecule has 142 valence electrons. The van der Waals surface area contributed by atoms with Crippen molar-refractivity contribution in [3.63, 3.8) is 0 Å². The molecule has 1 fully saturated rings. The first kappa shape index (κ1) is 21.9. The Morgan fingerprint density at radius 2 is 1.68 bits per heavy atom. The molecule has 7 heteroatoms. The largest absolute Gasteiger partial charge is 0.351 e. The highest BCUT2D eigenvalue weighted by Crippen LogP contribution is 2.28. The number of rotatable bonds is 4. The van der Waals surface area contributed by atoms with Crippen molar-refractivity contribution in [2.24, 2.45) is 0 Å². The van der Waals surface area contributed by atoms with Gasteiger partial charge in [0.2, 0.25) is 5.91 Å². The fourth-order valence-corrected chi connectivity index (χ4v) is 4.42. The summed E-state index contributed by atoms with van der Waals surface area (Å²) in [6.45, 7) is 7.87. The zero-order valence-electron chi connectivity index (χ0n) is 15.4. The van der Waals surface area contributed by atoms with Gasteiger partial charge in [-0.25, -0.2) is 8.42 Å². The van der Waals surface area contributed by atoms with E-state index < -0.39 is 14.6 Å². The number of benzene rings is 1. The summed E-state index contributed by atoms with van der Waals surface area (Å²) in [7, 11) is -3.47. The molecular weight excluding hydrogens is 360 g/mol. The second kappa shape index (κ2) is 8.06. The molecule has 2 rings (SSSR count). The fraction of sp³-hybridized carbons (Fsp3) is 0.611. The third-order valence-electron chi connectivity index (χ3n) is 4.81. The van der Waals surface area contributed by atoms with Crippen molar-refractivity contribution in [2.45, 2.75) is 50.3 Å². The lowest BCUT2D eigenvalue weighted by Gasteiger charge is -2.34. The number of carbonyl (C=O) groups is 1. The second-order valence-corrected chi connectivity index (χ2v) is 9.97. The third kappa shape index (κ3) is 4.96. The molecule has 0 aromatic heterocycles. The third-order valence-corrected chi connectivity index (χ3v) is 6.82. The summed E-state index contributed by atoms with van der Waals surface area (Å²) in [5.74, 6) is -0.383. The van der Waals surface area contributed by atoms with Crippen molar-refractivity contribution in [2.75, 3.05) is 19.3 Å². The molecule has 1 aliphatic rings. The first-order valence-corrected chi connectivity index (χ1v) is 10.2. The van der Waals surface area contributed by atoms with Gasteiger partial charge in [0.15, 0.2) is 14.6 Å². The van der Waals surface area contributed by atoms with E-state index in [0.29, 0.717) is 32.5 Å². The van der Waals surface area contributed by atoms with E-state index >= 15 is 0 Å². The molecule has 1 aromatic rings. The predicted molar refractivity (Wildman–Crippen MR) is 104 cm³/mol. The van der Waals surface area contributed by atoms with Crippen LogP contribution in [0.3, 0.4) is 0 Å². The molecule has 0 bridgehead atoms. The molecular formula is C18H29ClN2O3S. The standard InChI is InChI=1S/C18H28N2O3S.ClH/c1-17(2,3)15-7-5-14(6-8-15)13-20-16(21)18(24(4,22)23)9-11-19-12-10-18;/h5-8,19H,9-13H2,1-4H3,(H,20,21);1H. The van der Waals surface area contributed by atoms with E-state index in [4.69, 9.17) is 0 Å². The van der Waals surface area contributed by atoms with E-state index in [2.05, 4.69) is 43.5 Å². The van der Waals surface area contributed by atoms with Crippen LogP contribution in [0.5, 0.6) is 0 Å². The molecule has 1 saturated heterocycles. The van der Waals surface area contributed by atoms with E-state index in [0.717, 1.165) is 11.8 Å². The van der Waals surface area contributed by atoms with Crippen molar-refractivity contribution in [3.8, 4) is 0 Å². The van der Waals surface area contributed by atoms with Gasteiger partial charge in [-0.3, -0.25) is 4.79 Å². The predicted octanol–water partition coefficient (Wildman–Crippen LogP) is 2.19. The molecule has 0 saturated carbocycles. The van der Waals surface area contributed by atoms with Gasteiger partial charge in [0.1, 0.15) is 0 Å². The lowest BCUT2D eigenvalue weighted by molar-refractivity contribution is -0.124. The SMILES string of the molecule is CC(C)(C)c1ccc(CNC(=O)C2(S(C)(=O)=O)CCNCC2)cc1.Cl. The maximum absolute atomic E-state index is 12.6. The number of hydrogen-bond acceptors (Lipinski definition) is 4. The van der Waals surface area contributed by atoms with Crippen molar-refractivity contribution >= 4 is 28.2 Å². The molecule has 0 unspecified atom stereocenters. The van der Waals surface area contributed by atoms with E-state index in [1.807, 2.05) is 12.1 Å². The Kier molecular flexibility index (Phi) is 7.07. The molecule has 1 amide bonds. The average Bonchev–Trinajstić information content (AvgIpc) is 2.51. The van der Waals surface area contributed by atoms with Crippen LogP contribution in [0.2, 0.25) is 0 Å². The smallest absolute Gasteiger partial charge is 0.241 e. The number of amides is 1. The lowest BCUT2D eigenvalue weighted by Crippen LogP contribution is -2.57. The molecule has 0 aliphatic carbocycles. The zero-order chi connectivity index (χ0) is 18.0. The molecule has 0 spiro atoms. The second-order valence-electron chi connectivity index (χ2n) is 7.65. The summed E-state index contributed by atoms with van der Waals surface area (Å²) in [5.41, 5.74) is 2.27. The van der Waals surface area contributed by atoms with Crippen molar-refractivity contribution < 1.29 is 13.2 Å². The first-order valence-electron chi connectivity index (χ1n) is 8.34. The van der Waals surface area contributed by atoms with Crippen LogP contribution in [-0.4, -0.2) is 38.4 Å². The molecule has 25 heavy (non-hydrogen) atoms. The van der Waals surface area contributed by atoms with E-state index in [1.165, 1.54) is 5.56 Å². The summed E-state index contributed by atoms with van der Waals surface area (Å²) in [5, 5.41) is 5.94. The Hall–Kier alpha value is -1.11. The van der Waals surface area contributed by atoms with E-state index in [9.17, 15) is 13.2 Å². The first-order chi connectivity index (χ1) is 11.1.